The van der Waals surface area contributed by atoms with E-state index in [0.29, 0.717) is 25.4 Å². The predicted octanol–water partition coefficient (Wildman–Crippen LogP) is 8.57. The van der Waals surface area contributed by atoms with Gasteiger partial charge in [0, 0.05) is 73.2 Å². The maximum Gasteiger partial charge on any atom is 0.416 e. The largest absolute Gasteiger partial charge is 0.492 e. The number of anilines is 3. The van der Waals surface area contributed by atoms with E-state index in [2.05, 4.69) is 52.8 Å². The minimum atomic E-state index is -4.39. The molecule has 0 amide bonds. The molecule has 7 nitrogen and oxygen atoms in total. The lowest BCUT2D eigenvalue weighted by molar-refractivity contribution is -0.149. The summed E-state index contributed by atoms with van der Waals surface area (Å²) in [6.07, 6.45) is -3.57. The Balaban J connectivity index is 0.929. The Bertz CT molecular complexity index is 1790. The highest BCUT2D eigenvalue weighted by Gasteiger charge is 2.33. The minimum Gasteiger partial charge on any atom is -0.492 e. The molecule has 1 atom stereocenters. The Labute approximate surface area is 303 Å². The van der Waals surface area contributed by atoms with Gasteiger partial charge in [-0.15, -0.1) is 0 Å². The van der Waals surface area contributed by atoms with E-state index in [0.717, 1.165) is 89.9 Å². The van der Waals surface area contributed by atoms with E-state index >= 15 is 0 Å². The summed E-state index contributed by atoms with van der Waals surface area (Å²) in [5.41, 5.74) is 2.09. The van der Waals surface area contributed by atoms with Gasteiger partial charge < -0.3 is 24.2 Å². The van der Waals surface area contributed by atoms with Gasteiger partial charge >= 0.3 is 12.1 Å². The van der Waals surface area contributed by atoms with Gasteiger partial charge in [0.05, 0.1) is 22.9 Å². The average Bonchev–Trinajstić information content (AvgIpc) is 3.14. The zero-order valence-electron chi connectivity index (χ0n) is 29.6. The molecule has 4 aromatic rings. The molecular formula is C40H47F3N4O3S. The first-order chi connectivity index (χ1) is 24.6. The average molecular weight is 721 g/mol. The molecule has 0 aliphatic carbocycles. The van der Waals surface area contributed by atoms with Crippen molar-refractivity contribution in [3.8, 4) is 5.75 Å². The molecule has 0 N–H and O–H groups in total. The van der Waals surface area contributed by atoms with Crippen LogP contribution in [-0.2, 0) is 15.7 Å². The molecule has 1 saturated heterocycles. The Hall–Kier alpha value is -3.93. The highest BCUT2D eigenvalue weighted by Crippen LogP contribution is 2.49. The van der Waals surface area contributed by atoms with E-state index in [9.17, 15) is 18.0 Å². The van der Waals surface area contributed by atoms with Crippen LogP contribution in [0.5, 0.6) is 5.75 Å². The second kappa shape index (κ2) is 16.6. The van der Waals surface area contributed by atoms with Crippen LogP contribution in [-0.4, -0.2) is 87.9 Å². The molecule has 2 aliphatic rings. The number of hydrogen-bond acceptors (Lipinski definition) is 8. The van der Waals surface area contributed by atoms with Crippen LogP contribution in [0, 0.1) is 5.92 Å². The van der Waals surface area contributed by atoms with Crippen molar-refractivity contribution in [1.82, 2.24) is 9.80 Å². The molecule has 0 saturated carbocycles. The number of ether oxygens (including phenoxy) is 2. The number of alkyl halides is 3. The SMILES string of the molecule is CCN(CC)c1ccc2cccc(OCC(C)C(=O)OCCN3CCN(CCCN4c5ccccc5Sc5ccc(C(F)(F)F)cc54)CC3)c2c1. The summed E-state index contributed by atoms with van der Waals surface area (Å²) < 4.78 is 52.5. The minimum absolute atomic E-state index is 0.239. The summed E-state index contributed by atoms with van der Waals surface area (Å²) in [4.78, 5) is 23.8. The Kier molecular flexibility index (Phi) is 12.0. The lowest BCUT2D eigenvalue weighted by Crippen LogP contribution is -2.47. The summed E-state index contributed by atoms with van der Waals surface area (Å²) in [6.45, 7) is 14.2. The zero-order chi connectivity index (χ0) is 36.0. The molecule has 0 radical (unpaired) electrons. The number of carbonyl (C=O) groups is 1. The summed E-state index contributed by atoms with van der Waals surface area (Å²) in [6, 6.07) is 24.3. The topological polar surface area (TPSA) is 48.5 Å². The second-order valence-corrected chi connectivity index (χ2v) is 14.2. The van der Waals surface area contributed by atoms with Gasteiger partial charge in [0.1, 0.15) is 19.0 Å². The number of piperazine rings is 1. The molecule has 51 heavy (non-hydrogen) atoms. The van der Waals surface area contributed by atoms with E-state index < -0.39 is 17.7 Å². The van der Waals surface area contributed by atoms with Gasteiger partial charge in [0.15, 0.2) is 0 Å². The third kappa shape index (κ3) is 8.94. The van der Waals surface area contributed by atoms with Crippen molar-refractivity contribution >= 4 is 45.6 Å². The van der Waals surface area contributed by atoms with Crippen molar-refractivity contribution in [3.63, 3.8) is 0 Å². The number of benzene rings is 4. The Morgan fingerprint density at radius 1 is 0.843 bits per heavy atom. The van der Waals surface area contributed by atoms with Crippen LogP contribution in [0.1, 0.15) is 32.8 Å². The fourth-order valence-corrected chi connectivity index (χ4v) is 7.86. The third-order valence-corrected chi connectivity index (χ3v) is 10.9. The first-order valence-corrected chi connectivity index (χ1v) is 18.7. The predicted molar refractivity (Wildman–Crippen MR) is 200 cm³/mol. The normalized spacial score (nSPS) is 15.7. The first-order valence-electron chi connectivity index (χ1n) is 17.9. The molecule has 4 aromatic carbocycles. The van der Waals surface area contributed by atoms with Gasteiger partial charge in [-0.2, -0.15) is 13.2 Å². The van der Waals surface area contributed by atoms with E-state index in [-0.39, 0.29) is 12.6 Å². The quantitative estimate of drug-likeness (QED) is 0.120. The highest BCUT2D eigenvalue weighted by molar-refractivity contribution is 7.99. The van der Waals surface area contributed by atoms with Crippen molar-refractivity contribution in [2.45, 2.75) is 43.2 Å². The zero-order valence-corrected chi connectivity index (χ0v) is 30.4. The smallest absolute Gasteiger partial charge is 0.416 e. The number of para-hydroxylation sites is 1. The van der Waals surface area contributed by atoms with E-state index in [4.69, 9.17) is 9.47 Å². The maximum absolute atomic E-state index is 13.6. The van der Waals surface area contributed by atoms with Gasteiger partial charge in [-0.25, -0.2) is 0 Å². The highest BCUT2D eigenvalue weighted by atomic mass is 32.2. The summed E-state index contributed by atoms with van der Waals surface area (Å²) >= 11 is 1.52. The van der Waals surface area contributed by atoms with Gasteiger partial charge in [-0.05, 0) is 87.7 Å². The van der Waals surface area contributed by atoms with Crippen LogP contribution in [0.4, 0.5) is 30.2 Å². The van der Waals surface area contributed by atoms with Gasteiger partial charge in [0.25, 0.3) is 0 Å². The fraction of sp³-hybridized carbons (Fsp3) is 0.425. The number of rotatable bonds is 14. The maximum atomic E-state index is 13.6. The molecule has 0 bridgehead atoms. The Morgan fingerprint density at radius 3 is 2.31 bits per heavy atom. The summed E-state index contributed by atoms with van der Waals surface area (Å²) in [7, 11) is 0. The standard InChI is InChI=1S/C40H47F3N4O3S/c1-4-46(5-2)32-16-14-30-10-8-12-36(33(30)27-32)50-28-29(3)39(48)49-25-24-45-22-20-44(21-23-45)18-9-19-47-34-11-6-7-13-37(34)51-38-17-15-31(26-35(38)47)40(41,42)43/h6-8,10-17,26-27,29H,4-5,9,18-25,28H2,1-3H3. The molecule has 2 heterocycles. The lowest BCUT2D eigenvalue weighted by Gasteiger charge is -2.36. The van der Waals surface area contributed by atoms with Crippen LogP contribution in [0.25, 0.3) is 10.8 Å². The van der Waals surface area contributed by atoms with Crippen LogP contribution in [0.2, 0.25) is 0 Å². The molecule has 2 aliphatic heterocycles. The molecule has 0 spiro atoms. The van der Waals surface area contributed by atoms with Gasteiger partial charge in [0.2, 0.25) is 0 Å². The molecule has 1 fully saturated rings. The molecule has 1 unspecified atom stereocenters. The Morgan fingerprint density at radius 2 is 1.57 bits per heavy atom. The lowest BCUT2D eigenvalue weighted by atomic mass is 10.1. The van der Waals surface area contributed by atoms with Crippen molar-refractivity contribution in [3.05, 3.63) is 84.4 Å². The van der Waals surface area contributed by atoms with Crippen LogP contribution >= 0.6 is 11.8 Å². The van der Waals surface area contributed by atoms with Crippen LogP contribution in [0.15, 0.2) is 88.7 Å². The van der Waals surface area contributed by atoms with Crippen molar-refractivity contribution < 1.29 is 27.4 Å². The van der Waals surface area contributed by atoms with E-state index in [1.165, 1.54) is 23.9 Å². The van der Waals surface area contributed by atoms with Crippen LogP contribution < -0.4 is 14.5 Å². The van der Waals surface area contributed by atoms with E-state index in [1.54, 1.807) is 6.07 Å². The number of halogens is 3. The summed E-state index contributed by atoms with van der Waals surface area (Å²) in [5, 5.41) is 2.13. The first kappa shape index (κ1) is 36.8. The summed E-state index contributed by atoms with van der Waals surface area (Å²) in [5.74, 6) is 0.0963. The van der Waals surface area contributed by atoms with Crippen molar-refractivity contribution in [2.24, 2.45) is 5.92 Å². The third-order valence-electron chi connectivity index (χ3n) is 9.77. The van der Waals surface area contributed by atoms with Crippen molar-refractivity contribution in [2.75, 3.05) is 81.9 Å². The van der Waals surface area contributed by atoms with Crippen molar-refractivity contribution in [1.29, 1.82) is 0 Å². The fourth-order valence-electron chi connectivity index (χ4n) is 6.78. The molecule has 272 valence electrons. The number of hydrogen-bond donors (Lipinski definition) is 0. The van der Waals surface area contributed by atoms with Gasteiger partial charge in [-0.3, -0.25) is 9.69 Å². The van der Waals surface area contributed by atoms with E-state index in [1.807, 2.05) is 48.2 Å². The number of esters is 1. The molecule has 6 rings (SSSR count). The second-order valence-electron chi connectivity index (χ2n) is 13.2. The monoisotopic (exact) mass is 720 g/mol. The van der Waals surface area contributed by atoms with Crippen LogP contribution in [0.3, 0.4) is 0 Å². The van der Waals surface area contributed by atoms with Gasteiger partial charge in [-0.1, -0.05) is 42.1 Å². The number of carbonyl (C=O) groups excluding carboxylic acids is 1. The number of fused-ring (bicyclic) bond motifs is 3. The molecular weight excluding hydrogens is 674 g/mol. The molecule has 0 aromatic heterocycles. The molecule has 11 heteroatoms. The number of nitrogens with zero attached hydrogens (tertiary/aromatic N) is 4.